The molecule has 1 fully saturated rings. The lowest BCUT2D eigenvalue weighted by atomic mass is 10.1. The molecule has 1 rings (SSSR count). The predicted molar refractivity (Wildman–Crippen MR) is 81.4 cm³/mol. The molecule has 0 aromatic rings. The summed E-state index contributed by atoms with van der Waals surface area (Å²) in [5, 5.41) is 0. The molecule has 116 valence electrons. The van der Waals surface area contributed by atoms with Gasteiger partial charge in [0.15, 0.2) is 0 Å². The molecule has 0 aromatic heterocycles. The number of hydrogen-bond acceptors (Lipinski definition) is 3. The minimum absolute atomic E-state index is 0.0926. The Morgan fingerprint density at radius 3 is 2.60 bits per heavy atom. The van der Waals surface area contributed by atoms with Crippen molar-refractivity contribution in [1.82, 2.24) is 0 Å². The van der Waals surface area contributed by atoms with Gasteiger partial charge in [0.05, 0.1) is 6.61 Å². The van der Waals surface area contributed by atoms with Gasteiger partial charge in [-0.2, -0.15) is 0 Å². The quantitative estimate of drug-likeness (QED) is 0.329. The summed E-state index contributed by atoms with van der Waals surface area (Å²) in [4.78, 5) is 11.6. The summed E-state index contributed by atoms with van der Waals surface area (Å²) in [6.07, 6.45) is 16.0. The standard InChI is InChI=1S/C17H30O3/c1-2-3-4-5-6-7-8-9-10-13-16(18)20-17-14-11-12-15-19-17/h2-3,17H,4-15H2,1H3/b3-2-. The van der Waals surface area contributed by atoms with E-state index in [4.69, 9.17) is 9.47 Å². The first-order valence-electron chi connectivity index (χ1n) is 8.25. The normalized spacial score (nSPS) is 19.4. The summed E-state index contributed by atoms with van der Waals surface area (Å²) in [7, 11) is 0. The van der Waals surface area contributed by atoms with Crippen molar-refractivity contribution < 1.29 is 14.3 Å². The van der Waals surface area contributed by atoms with Crippen LogP contribution in [0.25, 0.3) is 0 Å². The van der Waals surface area contributed by atoms with Crippen molar-refractivity contribution in [2.24, 2.45) is 0 Å². The molecule has 1 heterocycles. The van der Waals surface area contributed by atoms with Crippen LogP contribution in [0.15, 0.2) is 12.2 Å². The van der Waals surface area contributed by atoms with Crippen LogP contribution in [-0.2, 0) is 14.3 Å². The smallest absolute Gasteiger partial charge is 0.308 e. The number of hydrogen-bond donors (Lipinski definition) is 0. The molecule has 1 unspecified atom stereocenters. The molecular formula is C17H30O3. The maximum absolute atomic E-state index is 11.6. The second kappa shape index (κ2) is 12.0. The van der Waals surface area contributed by atoms with Gasteiger partial charge in [0.2, 0.25) is 6.29 Å². The van der Waals surface area contributed by atoms with Gasteiger partial charge in [-0.05, 0) is 39.0 Å². The summed E-state index contributed by atoms with van der Waals surface area (Å²) in [5.41, 5.74) is 0. The lowest BCUT2D eigenvalue weighted by Crippen LogP contribution is -2.25. The van der Waals surface area contributed by atoms with Crippen LogP contribution in [0.2, 0.25) is 0 Å². The van der Waals surface area contributed by atoms with Crippen LogP contribution in [-0.4, -0.2) is 18.9 Å². The summed E-state index contributed by atoms with van der Waals surface area (Å²) in [6.45, 7) is 2.79. The van der Waals surface area contributed by atoms with Gasteiger partial charge >= 0.3 is 5.97 Å². The van der Waals surface area contributed by atoms with E-state index in [0.29, 0.717) is 6.42 Å². The van der Waals surface area contributed by atoms with Crippen molar-refractivity contribution in [3.8, 4) is 0 Å². The van der Waals surface area contributed by atoms with Gasteiger partial charge < -0.3 is 9.47 Å². The average molecular weight is 282 g/mol. The topological polar surface area (TPSA) is 35.5 Å². The average Bonchev–Trinajstić information content (AvgIpc) is 2.46. The largest absolute Gasteiger partial charge is 0.436 e. The number of esters is 1. The van der Waals surface area contributed by atoms with E-state index in [1.807, 2.05) is 0 Å². The monoisotopic (exact) mass is 282 g/mol. The summed E-state index contributed by atoms with van der Waals surface area (Å²) in [5.74, 6) is -0.0926. The van der Waals surface area contributed by atoms with Gasteiger partial charge in [0.1, 0.15) is 0 Å². The molecule has 20 heavy (non-hydrogen) atoms. The van der Waals surface area contributed by atoms with E-state index >= 15 is 0 Å². The number of allylic oxidation sites excluding steroid dienone is 2. The number of carbonyl (C=O) groups is 1. The van der Waals surface area contributed by atoms with Crippen LogP contribution in [0.5, 0.6) is 0 Å². The van der Waals surface area contributed by atoms with Crippen molar-refractivity contribution in [2.75, 3.05) is 6.61 Å². The minimum Gasteiger partial charge on any atom is -0.436 e. The number of rotatable bonds is 10. The van der Waals surface area contributed by atoms with Crippen molar-refractivity contribution in [3.63, 3.8) is 0 Å². The van der Waals surface area contributed by atoms with Crippen LogP contribution in [0.3, 0.4) is 0 Å². The van der Waals surface area contributed by atoms with Gasteiger partial charge in [0.25, 0.3) is 0 Å². The number of unbranched alkanes of at least 4 members (excludes halogenated alkanes) is 6. The molecule has 3 heteroatoms. The summed E-state index contributed by atoms with van der Waals surface area (Å²) >= 11 is 0. The molecule has 0 aliphatic carbocycles. The van der Waals surface area contributed by atoms with Gasteiger partial charge in [-0.15, -0.1) is 0 Å². The van der Waals surface area contributed by atoms with Crippen LogP contribution < -0.4 is 0 Å². The lowest BCUT2D eigenvalue weighted by molar-refractivity contribution is -0.186. The van der Waals surface area contributed by atoms with E-state index in [1.165, 1.54) is 32.1 Å². The highest BCUT2D eigenvalue weighted by Crippen LogP contribution is 2.15. The SMILES string of the molecule is C/C=C\CCCCCCCCC(=O)OC1CCCCO1. The Bertz CT molecular complexity index is 267. The van der Waals surface area contributed by atoms with Crippen LogP contribution in [0.1, 0.15) is 77.6 Å². The fraction of sp³-hybridized carbons (Fsp3) is 0.824. The Hall–Kier alpha value is -0.830. The number of ether oxygens (including phenoxy) is 2. The molecule has 3 nitrogen and oxygen atoms in total. The summed E-state index contributed by atoms with van der Waals surface area (Å²) < 4.78 is 10.7. The highest BCUT2D eigenvalue weighted by Gasteiger charge is 2.17. The highest BCUT2D eigenvalue weighted by atomic mass is 16.7. The Balaban J connectivity index is 1.86. The second-order valence-corrected chi connectivity index (χ2v) is 5.52. The fourth-order valence-electron chi connectivity index (χ4n) is 2.41. The molecule has 0 spiro atoms. The molecule has 1 saturated heterocycles. The first-order chi connectivity index (χ1) is 9.83. The zero-order valence-corrected chi connectivity index (χ0v) is 12.9. The fourth-order valence-corrected chi connectivity index (χ4v) is 2.41. The Labute approximate surface area is 123 Å². The van der Waals surface area contributed by atoms with Crippen molar-refractivity contribution in [1.29, 1.82) is 0 Å². The Kier molecular flexibility index (Phi) is 10.3. The van der Waals surface area contributed by atoms with Gasteiger partial charge in [-0.25, -0.2) is 0 Å². The molecule has 1 aliphatic heterocycles. The highest BCUT2D eigenvalue weighted by molar-refractivity contribution is 5.69. The van der Waals surface area contributed by atoms with E-state index in [1.54, 1.807) is 0 Å². The van der Waals surface area contributed by atoms with Gasteiger partial charge in [-0.1, -0.05) is 37.8 Å². The van der Waals surface area contributed by atoms with E-state index in [-0.39, 0.29) is 12.3 Å². The second-order valence-electron chi connectivity index (χ2n) is 5.52. The maximum Gasteiger partial charge on any atom is 0.308 e. The zero-order valence-electron chi connectivity index (χ0n) is 12.9. The third-order valence-corrected chi connectivity index (χ3v) is 3.64. The van der Waals surface area contributed by atoms with Crippen molar-refractivity contribution in [3.05, 3.63) is 12.2 Å². The van der Waals surface area contributed by atoms with Crippen LogP contribution >= 0.6 is 0 Å². The van der Waals surface area contributed by atoms with Crippen LogP contribution in [0, 0.1) is 0 Å². The Morgan fingerprint density at radius 1 is 1.15 bits per heavy atom. The zero-order chi connectivity index (χ0) is 14.5. The maximum atomic E-state index is 11.6. The van der Waals surface area contributed by atoms with Gasteiger partial charge in [-0.3, -0.25) is 4.79 Å². The van der Waals surface area contributed by atoms with E-state index < -0.39 is 0 Å². The Morgan fingerprint density at radius 2 is 1.90 bits per heavy atom. The third-order valence-electron chi connectivity index (χ3n) is 3.64. The molecule has 0 radical (unpaired) electrons. The van der Waals surface area contributed by atoms with Crippen molar-refractivity contribution in [2.45, 2.75) is 83.8 Å². The molecule has 0 aromatic carbocycles. The number of carbonyl (C=O) groups excluding carboxylic acids is 1. The summed E-state index contributed by atoms with van der Waals surface area (Å²) in [6, 6.07) is 0. The molecule has 1 atom stereocenters. The first kappa shape index (κ1) is 17.2. The molecule has 0 bridgehead atoms. The first-order valence-corrected chi connectivity index (χ1v) is 8.25. The van der Waals surface area contributed by atoms with E-state index in [0.717, 1.165) is 38.7 Å². The molecule has 0 N–H and O–H groups in total. The van der Waals surface area contributed by atoms with Gasteiger partial charge in [0, 0.05) is 12.8 Å². The lowest BCUT2D eigenvalue weighted by Gasteiger charge is -2.22. The van der Waals surface area contributed by atoms with Crippen LogP contribution in [0.4, 0.5) is 0 Å². The third kappa shape index (κ3) is 9.13. The van der Waals surface area contributed by atoms with E-state index in [2.05, 4.69) is 19.1 Å². The molecule has 0 saturated carbocycles. The molecule has 0 amide bonds. The van der Waals surface area contributed by atoms with E-state index in [9.17, 15) is 4.79 Å². The predicted octanol–water partition coefficient (Wildman–Crippen LogP) is 4.75. The minimum atomic E-state index is -0.275. The van der Waals surface area contributed by atoms with Crippen molar-refractivity contribution >= 4 is 5.97 Å². The molecular weight excluding hydrogens is 252 g/mol. The molecule has 1 aliphatic rings.